The average Bonchev–Trinajstić information content (AvgIpc) is 2.78. The SMILES string of the molecule is CC(C)(CCN)c1nc(-c2cccc(F)c2)no1. The predicted octanol–water partition coefficient (Wildman–Crippen LogP) is 2.50. The zero-order valence-electron chi connectivity index (χ0n) is 10.5. The van der Waals surface area contributed by atoms with E-state index in [9.17, 15) is 4.39 Å². The van der Waals surface area contributed by atoms with Crippen LogP contribution in [0.2, 0.25) is 0 Å². The van der Waals surface area contributed by atoms with E-state index in [4.69, 9.17) is 10.3 Å². The van der Waals surface area contributed by atoms with Crippen LogP contribution in [0.1, 0.15) is 26.2 Å². The lowest BCUT2D eigenvalue weighted by Gasteiger charge is -2.17. The molecular formula is C13H16FN3O. The molecule has 0 saturated heterocycles. The molecule has 2 rings (SSSR count). The summed E-state index contributed by atoms with van der Waals surface area (Å²) in [4.78, 5) is 4.31. The summed E-state index contributed by atoms with van der Waals surface area (Å²) in [6, 6.07) is 6.12. The van der Waals surface area contributed by atoms with Gasteiger partial charge in [0, 0.05) is 11.0 Å². The highest BCUT2D eigenvalue weighted by Crippen LogP contribution is 2.27. The minimum Gasteiger partial charge on any atom is -0.338 e. The average molecular weight is 249 g/mol. The van der Waals surface area contributed by atoms with Crippen LogP contribution in [0.15, 0.2) is 28.8 Å². The van der Waals surface area contributed by atoms with Crippen LogP contribution in [-0.2, 0) is 5.41 Å². The normalized spacial score (nSPS) is 11.8. The zero-order chi connectivity index (χ0) is 13.2. The fraction of sp³-hybridized carbons (Fsp3) is 0.385. The van der Waals surface area contributed by atoms with Crippen molar-refractivity contribution in [3.05, 3.63) is 36.0 Å². The number of nitrogens with two attached hydrogens (primary N) is 1. The summed E-state index contributed by atoms with van der Waals surface area (Å²) in [5, 5.41) is 3.88. The molecule has 2 N–H and O–H groups in total. The van der Waals surface area contributed by atoms with Crippen LogP contribution in [0.4, 0.5) is 4.39 Å². The van der Waals surface area contributed by atoms with E-state index in [0.29, 0.717) is 23.8 Å². The molecule has 1 aromatic carbocycles. The number of hydrogen-bond donors (Lipinski definition) is 1. The molecule has 0 radical (unpaired) electrons. The van der Waals surface area contributed by atoms with Gasteiger partial charge in [0.05, 0.1) is 0 Å². The van der Waals surface area contributed by atoms with Gasteiger partial charge < -0.3 is 10.3 Å². The second-order valence-corrected chi connectivity index (χ2v) is 4.86. The van der Waals surface area contributed by atoms with Crippen LogP contribution in [0.3, 0.4) is 0 Å². The zero-order valence-corrected chi connectivity index (χ0v) is 10.5. The second kappa shape index (κ2) is 4.86. The summed E-state index contributed by atoms with van der Waals surface area (Å²) in [5.74, 6) is 0.599. The molecule has 0 atom stereocenters. The Morgan fingerprint density at radius 3 is 2.83 bits per heavy atom. The topological polar surface area (TPSA) is 64.9 Å². The van der Waals surface area contributed by atoms with Gasteiger partial charge in [0.2, 0.25) is 11.7 Å². The fourth-order valence-electron chi connectivity index (χ4n) is 1.71. The van der Waals surface area contributed by atoms with Gasteiger partial charge in [0.15, 0.2) is 0 Å². The summed E-state index contributed by atoms with van der Waals surface area (Å²) in [7, 11) is 0. The lowest BCUT2D eigenvalue weighted by Crippen LogP contribution is -2.22. The van der Waals surface area contributed by atoms with E-state index in [1.807, 2.05) is 13.8 Å². The predicted molar refractivity (Wildman–Crippen MR) is 66.4 cm³/mol. The standard InChI is InChI=1S/C13H16FN3O/c1-13(2,6-7-15)12-16-11(17-18-12)9-4-3-5-10(14)8-9/h3-5,8H,6-7,15H2,1-2H3. The van der Waals surface area contributed by atoms with Crippen molar-refractivity contribution in [1.82, 2.24) is 10.1 Å². The molecular weight excluding hydrogens is 233 g/mol. The molecule has 18 heavy (non-hydrogen) atoms. The first-order valence-electron chi connectivity index (χ1n) is 5.83. The molecule has 4 nitrogen and oxygen atoms in total. The Hall–Kier alpha value is -1.75. The third-order valence-corrected chi connectivity index (χ3v) is 2.86. The van der Waals surface area contributed by atoms with Crippen LogP contribution in [0.5, 0.6) is 0 Å². The second-order valence-electron chi connectivity index (χ2n) is 4.86. The van der Waals surface area contributed by atoms with Crippen molar-refractivity contribution in [2.75, 3.05) is 6.54 Å². The molecule has 1 heterocycles. The molecule has 0 bridgehead atoms. The number of nitrogens with zero attached hydrogens (tertiary/aromatic N) is 2. The summed E-state index contributed by atoms with van der Waals surface area (Å²) < 4.78 is 18.3. The number of aromatic nitrogens is 2. The Morgan fingerprint density at radius 2 is 2.17 bits per heavy atom. The van der Waals surface area contributed by atoms with E-state index in [1.54, 1.807) is 12.1 Å². The van der Waals surface area contributed by atoms with Crippen molar-refractivity contribution in [3.8, 4) is 11.4 Å². The van der Waals surface area contributed by atoms with Crippen LogP contribution in [0, 0.1) is 5.82 Å². The van der Waals surface area contributed by atoms with Crippen molar-refractivity contribution in [2.24, 2.45) is 5.73 Å². The van der Waals surface area contributed by atoms with Crippen LogP contribution >= 0.6 is 0 Å². The Morgan fingerprint density at radius 1 is 1.39 bits per heavy atom. The molecule has 0 amide bonds. The smallest absolute Gasteiger partial charge is 0.232 e. The lowest BCUT2D eigenvalue weighted by molar-refractivity contribution is 0.298. The summed E-state index contributed by atoms with van der Waals surface area (Å²) >= 11 is 0. The minimum atomic E-state index is -0.319. The first-order valence-corrected chi connectivity index (χ1v) is 5.83. The molecule has 0 aliphatic rings. The number of hydrogen-bond acceptors (Lipinski definition) is 4. The first-order chi connectivity index (χ1) is 8.53. The maximum atomic E-state index is 13.1. The van der Waals surface area contributed by atoms with Crippen molar-refractivity contribution >= 4 is 0 Å². The number of rotatable bonds is 4. The van der Waals surface area contributed by atoms with Gasteiger partial charge in [-0.15, -0.1) is 0 Å². The molecule has 0 unspecified atom stereocenters. The molecule has 2 aromatic rings. The number of benzene rings is 1. The van der Waals surface area contributed by atoms with Gasteiger partial charge in [-0.05, 0) is 25.1 Å². The molecule has 5 heteroatoms. The van der Waals surface area contributed by atoms with Gasteiger partial charge in [-0.25, -0.2) is 4.39 Å². The van der Waals surface area contributed by atoms with E-state index in [0.717, 1.165) is 6.42 Å². The fourth-order valence-corrected chi connectivity index (χ4v) is 1.71. The van der Waals surface area contributed by atoms with E-state index < -0.39 is 0 Å². The first kappa shape index (κ1) is 12.7. The van der Waals surface area contributed by atoms with Crippen molar-refractivity contribution in [2.45, 2.75) is 25.7 Å². The Balaban J connectivity index is 2.31. The largest absolute Gasteiger partial charge is 0.338 e. The Kier molecular flexibility index (Phi) is 3.43. The van der Waals surface area contributed by atoms with Crippen molar-refractivity contribution in [1.29, 1.82) is 0 Å². The summed E-state index contributed by atoms with van der Waals surface area (Å²) in [6.07, 6.45) is 0.748. The van der Waals surface area contributed by atoms with Gasteiger partial charge in [0.1, 0.15) is 5.82 Å². The maximum absolute atomic E-state index is 13.1. The highest BCUT2D eigenvalue weighted by Gasteiger charge is 2.27. The van der Waals surface area contributed by atoms with Crippen molar-refractivity contribution in [3.63, 3.8) is 0 Å². The van der Waals surface area contributed by atoms with Gasteiger partial charge >= 0.3 is 0 Å². The Labute approximate surface area is 105 Å². The molecule has 1 aromatic heterocycles. The monoisotopic (exact) mass is 249 g/mol. The summed E-state index contributed by atoms with van der Waals surface area (Å²) in [5.41, 5.74) is 5.88. The number of halogens is 1. The van der Waals surface area contributed by atoms with Crippen LogP contribution < -0.4 is 5.73 Å². The molecule has 0 fully saturated rings. The highest BCUT2D eigenvalue weighted by molar-refractivity contribution is 5.54. The van der Waals surface area contributed by atoms with Crippen LogP contribution in [-0.4, -0.2) is 16.7 Å². The van der Waals surface area contributed by atoms with E-state index in [-0.39, 0.29) is 11.2 Å². The van der Waals surface area contributed by atoms with Gasteiger partial charge in [-0.2, -0.15) is 4.98 Å². The van der Waals surface area contributed by atoms with Gasteiger partial charge in [0.25, 0.3) is 0 Å². The molecule has 0 spiro atoms. The van der Waals surface area contributed by atoms with Gasteiger partial charge in [-0.3, -0.25) is 0 Å². The summed E-state index contributed by atoms with van der Waals surface area (Å²) in [6.45, 7) is 4.52. The third kappa shape index (κ3) is 2.56. The molecule has 0 aliphatic carbocycles. The minimum absolute atomic E-state index is 0.271. The van der Waals surface area contributed by atoms with E-state index in [2.05, 4.69) is 10.1 Å². The third-order valence-electron chi connectivity index (χ3n) is 2.86. The van der Waals surface area contributed by atoms with E-state index >= 15 is 0 Å². The molecule has 96 valence electrons. The van der Waals surface area contributed by atoms with Crippen LogP contribution in [0.25, 0.3) is 11.4 Å². The lowest BCUT2D eigenvalue weighted by atomic mass is 9.89. The van der Waals surface area contributed by atoms with Crippen molar-refractivity contribution < 1.29 is 8.91 Å². The molecule has 0 saturated carbocycles. The molecule has 0 aliphatic heterocycles. The van der Waals surface area contributed by atoms with Gasteiger partial charge in [-0.1, -0.05) is 31.1 Å². The maximum Gasteiger partial charge on any atom is 0.232 e. The van der Waals surface area contributed by atoms with E-state index in [1.165, 1.54) is 12.1 Å². The Bertz CT molecular complexity index is 537. The highest BCUT2D eigenvalue weighted by atomic mass is 19.1. The quantitative estimate of drug-likeness (QED) is 0.904.